The molecule has 2 aromatic rings. The summed E-state index contributed by atoms with van der Waals surface area (Å²) in [5, 5.41) is 3.86. The summed E-state index contributed by atoms with van der Waals surface area (Å²) in [6.45, 7) is 0.909. The standard InChI is InChI=1S/C15H19N3OS/c1-18(2)8-4-7-14(19)17-12-9-11-5-3-6-13(20)15(11)16-10-12/h3,5-6,9-10,20H,4,7-8H2,1-2H3,(H,17,19). The Balaban J connectivity index is 2.01. The minimum absolute atomic E-state index is 0.0232. The van der Waals surface area contributed by atoms with Crippen LogP contribution < -0.4 is 5.32 Å². The van der Waals surface area contributed by atoms with E-state index in [-0.39, 0.29) is 5.91 Å². The normalized spacial score (nSPS) is 11.0. The molecule has 0 saturated heterocycles. The van der Waals surface area contributed by atoms with Crippen molar-refractivity contribution in [2.75, 3.05) is 26.0 Å². The average Bonchev–Trinajstić information content (AvgIpc) is 2.38. The zero-order valence-corrected chi connectivity index (χ0v) is 12.7. The summed E-state index contributed by atoms with van der Waals surface area (Å²) in [4.78, 5) is 19.1. The van der Waals surface area contributed by atoms with Gasteiger partial charge >= 0.3 is 0 Å². The first-order chi connectivity index (χ1) is 9.56. The van der Waals surface area contributed by atoms with Crippen molar-refractivity contribution in [1.29, 1.82) is 0 Å². The lowest BCUT2D eigenvalue weighted by atomic mass is 10.2. The number of benzene rings is 1. The Hall–Kier alpha value is -1.59. The molecule has 0 aliphatic carbocycles. The second-order valence-electron chi connectivity index (χ2n) is 5.03. The minimum atomic E-state index is 0.0232. The zero-order valence-electron chi connectivity index (χ0n) is 11.8. The highest BCUT2D eigenvalue weighted by Crippen LogP contribution is 2.22. The topological polar surface area (TPSA) is 45.2 Å². The van der Waals surface area contributed by atoms with Gasteiger partial charge in [-0.1, -0.05) is 12.1 Å². The van der Waals surface area contributed by atoms with Gasteiger partial charge in [0, 0.05) is 16.7 Å². The van der Waals surface area contributed by atoms with Crippen molar-refractivity contribution in [3.8, 4) is 0 Å². The van der Waals surface area contributed by atoms with E-state index in [0.29, 0.717) is 6.42 Å². The highest BCUT2D eigenvalue weighted by Gasteiger charge is 2.05. The van der Waals surface area contributed by atoms with E-state index in [4.69, 9.17) is 0 Å². The van der Waals surface area contributed by atoms with Gasteiger partial charge in [0.2, 0.25) is 5.91 Å². The van der Waals surface area contributed by atoms with Gasteiger partial charge in [-0.25, -0.2) is 0 Å². The molecule has 0 saturated carbocycles. The molecule has 5 heteroatoms. The molecule has 0 spiro atoms. The highest BCUT2D eigenvalue weighted by atomic mass is 32.1. The van der Waals surface area contributed by atoms with E-state index in [2.05, 4.69) is 27.8 Å². The summed E-state index contributed by atoms with van der Waals surface area (Å²) in [7, 11) is 4.00. The quantitative estimate of drug-likeness (QED) is 0.832. The largest absolute Gasteiger partial charge is 0.325 e. The van der Waals surface area contributed by atoms with E-state index in [1.807, 2.05) is 38.4 Å². The minimum Gasteiger partial charge on any atom is -0.325 e. The van der Waals surface area contributed by atoms with E-state index >= 15 is 0 Å². The van der Waals surface area contributed by atoms with Crippen molar-refractivity contribution in [2.24, 2.45) is 0 Å². The Morgan fingerprint density at radius 1 is 1.40 bits per heavy atom. The number of anilines is 1. The molecule has 0 unspecified atom stereocenters. The summed E-state index contributed by atoms with van der Waals surface area (Å²) in [5.74, 6) is 0.0232. The summed E-state index contributed by atoms with van der Waals surface area (Å²) in [6, 6.07) is 7.71. The smallest absolute Gasteiger partial charge is 0.224 e. The molecule has 4 nitrogen and oxygen atoms in total. The van der Waals surface area contributed by atoms with Gasteiger partial charge in [0.1, 0.15) is 0 Å². The number of carbonyl (C=O) groups excluding carboxylic acids is 1. The van der Waals surface area contributed by atoms with E-state index in [9.17, 15) is 4.79 Å². The number of hydrogen-bond donors (Lipinski definition) is 2. The number of amides is 1. The fourth-order valence-electron chi connectivity index (χ4n) is 1.99. The van der Waals surface area contributed by atoms with Gasteiger partial charge in [0.05, 0.1) is 17.4 Å². The van der Waals surface area contributed by atoms with Gasteiger partial charge in [-0.15, -0.1) is 12.6 Å². The Morgan fingerprint density at radius 2 is 2.20 bits per heavy atom. The third-order valence-electron chi connectivity index (χ3n) is 2.98. The van der Waals surface area contributed by atoms with Crippen molar-refractivity contribution in [1.82, 2.24) is 9.88 Å². The monoisotopic (exact) mass is 289 g/mol. The summed E-state index contributed by atoms with van der Waals surface area (Å²) in [5.41, 5.74) is 1.58. The fraction of sp³-hybridized carbons (Fsp3) is 0.333. The predicted octanol–water partition coefficient (Wildman–Crippen LogP) is 2.80. The molecular formula is C15H19N3OS. The van der Waals surface area contributed by atoms with Gasteiger partial charge in [0.15, 0.2) is 0 Å². The van der Waals surface area contributed by atoms with Crippen molar-refractivity contribution >= 4 is 35.1 Å². The van der Waals surface area contributed by atoms with Crippen molar-refractivity contribution < 1.29 is 4.79 Å². The van der Waals surface area contributed by atoms with Crippen LogP contribution in [-0.2, 0) is 4.79 Å². The fourth-order valence-corrected chi connectivity index (χ4v) is 2.27. The predicted molar refractivity (Wildman–Crippen MR) is 85.4 cm³/mol. The van der Waals surface area contributed by atoms with E-state index in [0.717, 1.165) is 34.5 Å². The summed E-state index contributed by atoms with van der Waals surface area (Å²) < 4.78 is 0. The summed E-state index contributed by atoms with van der Waals surface area (Å²) >= 11 is 4.37. The number of nitrogens with zero attached hydrogens (tertiary/aromatic N) is 2. The SMILES string of the molecule is CN(C)CCCC(=O)Nc1cnc2c(S)cccc2c1. The number of rotatable bonds is 5. The van der Waals surface area contributed by atoms with Gasteiger partial charge in [-0.05, 0) is 39.2 Å². The molecule has 2 rings (SSSR count). The number of carbonyl (C=O) groups is 1. The first-order valence-corrected chi connectivity index (χ1v) is 7.03. The number of para-hydroxylation sites is 1. The number of fused-ring (bicyclic) bond motifs is 1. The average molecular weight is 289 g/mol. The van der Waals surface area contributed by atoms with Crippen LogP contribution in [0, 0.1) is 0 Å². The van der Waals surface area contributed by atoms with E-state index < -0.39 is 0 Å². The Labute approximate surface area is 124 Å². The first kappa shape index (κ1) is 14.8. The molecule has 0 bridgehead atoms. The molecule has 106 valence electrons. The third-order valence-corrected chi connectivity index (χ3v) is 3.34. The van der Waals surface area contributed by atoms with Crippen LogP contribution in [0.5, 0.6) is 0 Å². The Kier molecular flexibility index (Phi) is 4.98. The number of nitrogens with one attached hydrogen (secondary N) is 1. The Morgan fingerprint density at radius 3 is 2.95 bits per heavy atom. The Bertz CT molecular complexity index is 613. The maximum atomic E-state index is 11.8. The zero-order chi connectivity index (χ0) is 14.5. The van der Waals surface area contributed by atoms with E-state index in [1.165, 1.54) is 0 Å². The van der Waals surface area contributed by atoms with Gasteiger partial charge < -0.3 is 10.2 Å². The number of thiol groups is 1. The molecule has 1 aromatic heterocycles. The van der Waals surface area contributed by atoms with Crippen LogP contribution in [0.1, 0.15) is 12.8 Å². The molecule has 1 N–H and O–H groups in total. The number of hydrogen-bond acceptors (Lipinski definition) is 4. The van der Waals surface area contributed by atoms with Crippen LogP contribution in [0.3, 0.4) is 0 Å². The molecule has 0 aliphatic rings. The van der Waals surface area contributed by atoms with Crippen molar-refractivity contribution in [3.05, 3.63) is 30.5 Å². The molecule has 20 heavy (non-hydrogen) atoms. The molecule has 1 aromatic carbocycles. The second-order valence-corrected chi connectivity index (χ2v) is 5.51. The van der Waals surface area contributed by atoms with Gasteiger partial charge in [-0.2, -0.15) is 0 Å². The van der Waals surface area contributed by atoms with Crippen LogP contribution in [0.15, 0.2) is 35.4 Å². The molecule has 1 amide bonds. The van der Waals surface area contributed by atoms with Crippen LogP contribution >= 0.6 is 12.6 Å². The maximum Gasteiger partial charge on any atom is 0.224 e. The van der Waals surface area contributed by atoms with Crippen molar-refractivity contribution in [2.45, 2.75) is 17.7 Å². The van der Waals surface area contributed by atoms with Crippen LogP contribution in [0.25, 0.3) is 10.9 Å². The van der Waals surface area contributed by atoms with Crippen LogP contribution in [0.2, 0.25) is 0 Å². The first-order valence-electron chi connectivity index (χ1n) is 6.58. The third kappa shape index (κ3) is 3.95. The molecule has 0 atom stereocenters. The number of pyridine rings is 1. The van der Waals surface area contributed by atoms with Gasteiger partial charge in [-0.3, -0.25) is 9.78 Å². The highest BCUT2D eigenvalue weighted by molar-refractivity contribution is 7.80. The summed E-state index contributed by atoms with van der Waals surface area (Å²) in [6.07, 6.45) is 3.04. The van der Waals surface area contributed by atoms with Crippen molar-refractivity contribution in [3.63, 3.8) is 0 Å². The van der Waals surface area contributed by atoms with Crippen LogP contribution in [0.4, 0.5) is 5.69 Å². The molecule has 0 radical (unpaired) electrons. The molecule has 1 heterocycles. The lowest BCUT2D eigenvalue weighted by Crippen LogP contribution is -2.17. The molecule has 0 fully saturated rings. The molecule has 0 aliphatic heterocycles. The lowest BCUT2D eigenvalue weighted by molar-refractivity contribution is -0.116. The lowest BCUT2D eigenvalue weighted by Gasteiger charge is -2.09. The second kappa shape index (κ2) is 6.72. The molecular weight excluding hydrogens is 270 g/mol. The van der Waals surface area contributed by atoms with Crippen LogP contribution in [-0.4, -0.2) is 36.4 Å². The number of aromatic nitrogens is 1. The van der Waals surface area contributed by atoms with E-state index in [1.54, 1.807) is 6.20 Å². The van der Waals surface area contributed by atoms with Gasteiger partial charge in [0.25, 0.3) is 0 Å². The maximum absolute atomic E-state index is 11.8.